The van der Waals surface area contributed by atoms with E-state index in [0.29, 0.717) is 11.1 Å². The highest BCUT2D eigenvalue weighted by molar-refractivity contribution is 5.96. The molecule has 2 N–H and O–H groups in total. The Kier molecular flexibility index (Phi) is 2.91. The van der Waals surface area contributed by atoms with Crippen molar-refractivity contribution in [3.05, 3.63) is 59.8 Å². The van der Waals surface area contributed by atoms with Crippen LogP contribution in [0.1, 0.15) is 15.9 Å². The number of aryl methyl sites for hydroxylation is 1. The summed E-state index contributed by atoms with van der Waals surface area (Å²) in [7, 11) is 0. The van der Waals surface area contributed by atoms with Crippen LogP contribution in [-0.4, -0.2) is 15.9 Å². The second kappa shape index (κ2) is 4.74. The Morgan fingerprint density at radius 2 is 1.80 bits per heavy atom. The van der Waals surface area contributed by atoms with E-state index in [2.05, 4.69) is 9.97 Å². The van der Waals surface area contributed by atoms with Gasteiger partial charge in [-0.2, -0.15) is 0 Å². The maximum absolute atomic E-state index is 11.1. The highest BCUT2D eigenvalue weighted by Crippen LogP contribution is 2.20. The zero-order valence-corrected chi connectivity index (χ0v) is 11.0. The molecule has 1 heterocycles. The smallest absolute Gasteiger partial charge is 0.248 e. The lowest BCUT2D eigenvalue weighted by Gasteiger charge is -2.04. The Morgan fingerprint density at radius 3 is 2.50 bits per heavy atom. The van der Waals surface area contributed by atoms with Crippen LogP contribution >= 0.6 is 0 Å². The first-order valence-electron chi connectivity index (χ1n) is 6.27. The lowest BCUT2D eigenvalue weighted by atomic mass is 10.1. The highest BCUT2D eigenvalue weighted by Gasteiger charge is 2.06. The fourth-order valence-corrected chi connectivity index (χ4v) is 2.03. The average Bonchev–Trinajstić information content (AvgIpc) is 2.47. The van der Waals surface area contributed by atoms with Crippen molar-refractivity contribution >= 4 is 16.9 Å². The lowest BCUT2D eigenvalue weighted by molar-refractivity contribution is 0.100. The summed E-state index contributed by atoms with van der Waals surface area (Å²) in [6.07, 6.45) is 1.71. The fraction of sp³-hybridized carbons (Fsp3) is 0.0625. The average molecular weight is 263 g/mol. The number of fused-ring (bicyclic) bond motifs is 1. The Bertz CT molecular complexity index is 794. The molecule has 0 unspecified atom stereocenters. The van der Waals surface area contributed by atoms with Gasteiger partial charge in [-0.25, -0.2) is 4.98 Å². The molecule has 0 saturated carbocycles. The predicted octanol–water partition coefficient (Wildman–Crippen LogP) is 2.70. The van der Waals surface area contributed by atoms with Gasteiger partial charge < -0.3 is 5.73 Å². The van der Waals surface area contributed by atoms with Gasteiger partial charge in [0.2, 0.25) is 5.91 Å². The van der Waals surface area contributed by atoms with E-state index in [-0.39, 0.29) is 0 Å². The van der Waals surface area contributed by atoms with Gasteiger partial charge in [0.15, 0.2) is 0 Å². The molecular formula is C16H13N3O. The van der Waals surface area contributed by atoms with Gasteiger partial charge in [-0.15, -0.1) is 0 Å². The summed E-state index contributed by atoms with van der Waals surface area (Å²) < 4.78 is 0. The topological polar surface area (TPSA) is 68.9 Å². The number of rotatable bonds is 2. The first kappa shape index (κ1) is 12.3. The van der Waals surface area contributed by atoms with Crippen molar-refractivity contribution in [1.82, 2.24) is 9.97 Å². The summed E-state index contributed by atoms with van der Waals surface area (Å²) >= 11 is 0. The van der Waals surface area contributed by atoms with E-state index in [1.54, 1.807) is 24.4 Å². The lowest BCUT2D eigenvalue weighted by Crippen LogP contribution is -2.10. The van der Waals surface area contributed by atoms with Crippen molar-refractivity contribution in [3.8, 4) is 11.3 Å². The van der Waals surface area contributed by atoms with Crippen LogP contribution in [0.3, 0.4) is 0 Å². The van der Waals surface area contributed by atoms with Crippen molar-refractivity contribution in [2.75, 3.05) is 0 Å². The van der Waals surface area contributed by atoms with E-state index in [1.165, 1.54) is 5.56 Å². The van der Waals surface area contributed by atoms with Crippen LogP contribution in [0, 0.1) is 6.92 Å². The number of hydrogen-bond donors (Lipinski definition) is 1. The third-order valence-corrected chi connectivity index (χ3v) is 3.17. The van der Waals surface area contributed by atoms with Gasteiger partial charge in [-0.1, -0.05) is 29.8 Å². The Labute approximate surface area is 116 Å². The van der Waals surface area contributed by atoms with Crippen molar-refractivity contribution in [2.45, 2.75) is 6.92 Å². The molecule has 0 aliphatic carbocycles. The van der Waals surface area contributed by atoms with E-state index in [9.17, 15) is 4.79 Å². The van der Waals surface area contributed by atoms with E-state index in [0.717, 1.165) is 16.8 Å². The van der Waals surface area contributed by atoms with Gasteiger partial charge in [-0.3, -0.25) is 9.78 Å². The zero-order chi connectivity index (χ0) is 14.1. The van der Waals surface area contributed by atoms with Crippen molar-refractivity contribution in [2.24, 2.45) is 5.73 Å². The second-order valence-corrected chi connectivity index (χ2v) is 4.69. The van der Waals surface area contributed by atoms with Gasteiger partial charge in [0.05, 0.1) is 22.9 Å². The van der Waals surface area contributed by atoms with Crippen LogP contribution in [0.5, 0.6) is 0 Å². The van der Waals surface area contributed by atoms with Crippen LogP contribution in [-0.2, 0) is 0 Å². The molecule has 0 spiro atoms. The van der Waals surface area contributed by atoms with Gasteiger partial charge in [0.1, 0.15) is 0 Å². The minimum absolute atomic E-state index is 0.440. The summed E-state index contributed by atoms with van der Waals surface area (Å²) in [6, 6.07) is 13.2. The second-order valence-electron chi connectivity index (χ2n) is 4.69. The van der Waals surface area contributed by atoms with Crippen LogP contribution in [0.2, 0.25) is 0 Å². The fourth-order valence-electron chi connectivity index (χ4n) is 2.03. The first-order chi connectivity index (χ1) is 9.63. The van der Waals surface area contributed by atoms with E-state index >= 15 is 0 Å². The minimum atomic E-state index is -0.462. The summed E-state index contributed by atoms with van der Waals surface area (Å²) in [4.78, 5) is 20.1. The number of hydrogen-bond acceptors (Lipinski definition) is 3. The molecule has 1 aromatic heterocycles. The third kappa shape index (κ3) is 2.23. The normalized spacial score (nSPS) is 10.7. The highest BCUT2D eigenvalue weighted by atomic mass is 16.1. The maximum atomic E-state index is 11.1. The van der Waals surface area contributed by atoms with E-state index in [1.807, 2.05) is 31.2 Å². The van der Waals surface area contributed by atoms with Gasteiger partial charge >= 0.3 is 0 Å². The summed E-state index contributed by atoms with van der Waals surface area (Å²) in [5.74, 6) is -0.462. The number of nitrogens with zero attached hydrogens (tertiary/aromatic N) is 2. The number of carbonyl (C=O) groups excluding carboxylic acids is 1. The Hall–Kier alpha value is -2.75. The first-order valence-corrected chi connectivity index (χ1v) is 6.27. The molecular weight excluding hydrogens is 250 g/mol. The summed E-state index contributed by atoms with van der Waals surface area (Å²) in [5, 5.41) is 0. The zero-order valence-electron chi connectivity index (χ0n) is 11.0. The molecule has 0 fully saturated rings. The SMILES string of the molecule is Cc1ccc(-c2cnc3cc(C(N)=O)ccc3n2)cc1. The number of nitrogens with two attached hydrogens (primary N) is 1. The molecule has 0 bridgehead atoms. The molecule has 0 aliphatic heterocycles. The van der Waals surface area contributed by atoms with Crippen LogP contribution < -0.4 is 5.73 Å². The predicted molar refractivity (Wildman–Crippen MR) is 78.2 cm³/mol. The minimum Gasteiger partial charge on any atom is -0.366 e. The molecule has 98 valence electrons. The molecule has 2 aromatic carbocycles. The van der Waals surface area contributed by atoms with Crippen LogP contribution in [0.4, 0.5) is 0 Å². The number of primary amides is 1. The molecule has 3 aromatic rings. The molecule has 0 saturated heterocycles. The molecule has 4 nitrogen and oxygen atoms in total. The number of aromatic nitrogens is 2. The monoisotopic (exact) mass is 263 g/mol. The molecule has 3 rings (SSSR count). The van der Waals surface area contributed by atoms with Crippen molar-refractivity contribution in [1.29, 1.82) is 0 Å². The number of benzene rings is 2. The Balaban J connectivity index is 2.09. The van der Waals surface area contributed by atoms with Crippen molar-refractivity contribution < 1.29 is 4.79 Å². The van der Waals surface area contributed by atoms with Crippen LogP contribution in [0.15, 0.2) is 48.7 Å². The molecule has 1 amide bonds. The summed E-state index contributed by atoms with van der Waals surface area (Å²) in [6.45, 7) is 2.04. The van der Waals surface area contributed by atoms with Gasteiger partial charge in [0, 0.05) is 11.1 Å². The van der Waals surface area contributed by atoms with Crippen LogP contribution in [0.25, 0.3) is 22.3 Å². The standard InChI is InChI=1S/C16H13N3O/c1-10-2-4-11(5-3-10)15-9-18-14-8-12(16(17)20)6-7-13(14)19-15/h2-9H,1H3,(H2,17,20). The number of amides is 1. The molecule has 0 radical (unpaired) electrons. The van der Waals surface area contributed by atoms with Gasteiger partial charge in [0.25, 0.3) is 0 Å². The molecule has 4 heteroatoms. The van der Waals surface area contributed by atoms with E-state index in [4.69, 9.17) is 5.73 Å². The largest absolute Gasteiger partial charge is 0.366 e. The van der Waals surface area contributed by atoms with E-state index < -0.39 is 5.91 Å². The van der Waals surface area contributed by atoms with Crippen molar-refractivity contribution in [3.63, 3.8) is 0 Å². The maximum Gasteiger partial charge on any atom is 0.248 e. The molecule has 0 aliphatic rings. The number of carbonyl (C=O) groups is 1. The quantitative estimate of drug-likeness (QED) is 0.772. The third-order valence-electron chi connectivity index (χ3n) is 3.17. The molecule has 0 atom stereocenters. The van der Waals surface area contributed by atoms with Gasteiger partial charge in [-0.05, 0) is 25.1 Å². The summed E-state index contributed by atoms with van der Waals surface area (Å²) in [5.41, 5.74) is 10.1. The molecule has 20 heavy (non-hydrogen) atoms. The Morgan fingerprint density at radius 1 is 1.05 bits per heavy atom.